The summed E-state index contributed by atoms with van der Waals surface area (Å²) in [5, 5.41) is 0. The van der Waals surface area contributed by atoms with Gasteiger partial charge in [0.1, 0.15) is 17.3 Å². The third-order valence-corrected chi connectivity index (χ3v) is 4.21. The number of aromatic nitrogens is 2. The number of halogens is 1. The van der Waals surface area contributed by atoms with Crippen LogP contribution in [0.15, 0.2) is 16.6 Å². The molecule has 2 heterocycles. The number of rotatable bonds is 2. The average molecular weight is 352 g/mol. The molecule has 0 fully saturated rings. The lowest BCUT2D eigenvalue weighted by molar-refractivity contribution is 0.296. The topological polar surface area (TPSA) is 62.3 Å². The van der Waals surface area contributed by atoms with Gasteiger partial charge >= 0.3 is 0 Å². The number of imidazole rings is 1. The summed E-state index contributed by atoms with van der Waals surface area (Å²) in [6.45, 7) is 3.38. The van der Waals surface area contributed by atoms with E-state index in [9.17, 15) is 0 Å². The molecule has 0 saturated heterocycles. The SMILES string of the molecule is CCc1nc(-c2cc(Br)c3c(c2)OCCCO3)c(N)n1C. The quantitative estimate of drug-likeness (QED) is 0.902. The van der Waals surface area contributed by atoms with E-state index in [0.29, 0.717) is 19.0 Å². The third-order valence-electron chi connectivity index (χ3n) is 3.62. The molecule has 5 nitrogen and oxygen atoms in total. The first-order valence-electron chi connectivity index (χ1n) is 7.02. The molecule has 0 radical (unpaired) electrons. The Balaban J connectivity index is 2.11. The van der Waals surface area contributed by atoms with Crippen LogP contribution in [0.3, 0.4) is 0 Å². The van der Waals surface area contributed by atoms with Gasteiger partial charge in [0.15, 0.2) is 11.5 Å². The van der Waals surface area contributed by atoms with Gasteiger partial charge in [-0.25, -0.2) is 4.98 Å². The number of ether oxygens (including phenoxy) is 2. The van der Waals surface area contributed by atoms with Gasteiger partial charge in [0, 0.05) is 25.5 Å². The standard InChI is InChI=1S/C15H18BrN3O2/c1-3-12-18-13(15(17)19(12)2)9-7-10(16)14-11(8-9)20-5-4-6-21-14/h7-8H,3-6,17H2,1-2H3. The van der Waals surface area contributed by atoms with Gasteiger partial charge in [0.2, 0.25) is 0 Å². The van der Waals surface area contributed by atoms with Crippen LogP contribution in [-0.2, 0) is 13.5 Å². The second kappa shape index (κ2) is 5.60. The largest absolute Gasteiger partial charge is 0.489 e. The number of hydrogen-bond acceptors (Lipinski definition) is 4. The fourth-order valence-corrected chi connectivity index (χ4v) is 3.01. The van der Waals surface area contributed by atoms with Gasteiger partial charge in [-0.05, 0) is 28.1 Å². The number of fused-ring (bicyclic) bond motifs is 1. The van der Waals surface area contributed by atoms with Crippen LogP contribution in [0.25, 0.3) is 11.3 Å². The Bertz CT molecular complexity index is 682. The maximum absolute atomic E-state index is 6.18. The molecule has 6 heteroatoms. The van der Waals surface area contributed by atoms with E-state index in [-0.39, 0.29) is 0 Å². The van der Waals surface area contributed by atoms with Crippen molar-refractivity contribution in [2.75, 3.05) is 18.9 Å². The molecule has 1 aliphatic heterocycles. The first-order chi connectivity index (χ1) is 10.1. The molecule has 0 amide bonds. The summed E-state index contributed by atoms with van der Waals surface area (Å²) in [7, 11) is 1.93. The fourth-order valence-electron chi connectivity index (χ4n) is 2.46. The molecule has 0 unspecified atom stereocenters. The number of anilines is 1. The normalized spacial score (nSPS) is 14.0. The van der Waals surface area contributed by atoms with E-state index in [0.717, 1.165) is 45.9 Å². The number of aryl methyl sites for hydroxylation is 1. The highest BCUT2D eigenvalue weighted by Crippen LogP contribution is 2.41. The van der Waals surface area contributed by atoms with Crippen molar-refractivity contribution in [3.05, 3.63) is 22.4 Å². The van der Waals surface area contributed by atoms with Gasteiger partial charge in [-0.3, -0.25) is 0 Å². The predicted molar refractivity (Wildman–Crippen MR) is 85.7 cm³/mol. The van der Waals surface area contributed by atoms with Crippen molar-refractivity contribution >= 4 is 21.7 Å². The number of nitrogens with zero attached hydrogens (tertiary/aromatic N) is 2. The summed E-state index contributed by atoms with van der Waals surface area (Å²) in [4.78, 5) is 4.63. The smallest absolute Gasteiger partial charge is 0.175 e. The molecule has 0 aliphatic carbocycles. The summed E-state index contributed by atoms with van der Waals surface area (Å²) >= 11 is 3.55. The lowest BCUT2D eigenvalue weighted by atomic mass is 10.1. The molecule has 1 aromatic carbocycles. The van der Waals surface area contributed by atoms with Gasteiger partial charge in [-0.2, -0.15) is 0 Å². The molecule has 21 heavy (non-hydrogen) atoms. The summed E-state index contributed by atoms with van der Waals surface area (Å²) < 4.78 is 14.3. The highest BCUT2D eigenvalue weighted by atomic mass is 79.9. The molecule has 0 bridgehead atoms. The maximum Gasteiger partial charge on any atom is 0.175 e. The van der Waals surface area contributed by atoms with Gasteiger partial charge in [-0.1, -0.05) is 6.92 Å². The molecule has 2 N–H and O–H groups in total. The van der Waals surface area contributed by atoms with E-state index in [1.165, 1.54) is 0 Å². The van der Waals surface area contributed by atoms with Crippen LogP contribution in [0.1, 0.15) is 19.2 Å². The Kier molecular flexibility index (Phi) is 3.80. The molecule has 2 aromatic rings. The lowest BCUT2D eigenvalue weighted by Gasteiger charge is -2.11. The summed E-state index contributed by atoms with van der Waals surface area (Å²) in [5.74, 6) is 3.11. The van der Waals surface area contributed by atoms with E-state index in [4.69, 9.17) is 15.2 Å². The van der Waals surface area contributed by atoms with Crippen LogP contribution in [0.4, 0.5) is 5.82 Å². The third kappa shape index (κ3) is 2.48. The molecule has 0 saturated carbocycles. The van der Waals surface area contributed by atoms with Gasteiger partial charge in [0.25, 0.3) is 0 Å². The van der Waals surface area contributed by atoms with Gasteiger partial charge < -0.3 is 19.8 Å². The zero-order chi connectivity index (χ0) is 15.0. The minimum atomic E-state index is 0.654. The van der Waals surface area contributed by atoms with E-state index < -0.39 is 0 Å². The van der Waals surface area contributed by atoms with Crippen LogP contribution in [0.5, 0.6) is 11.5 Å². The lowest BCUT2D eigenvalue weighted by Crippen LogP contribution is -2.00. The summed E-state index contributed by atoms with van der Waals surface area (Å²) in [6.07, 6.45) is 1.72. The number of benzene rings is 1. The van der Waals surface area contributed by atoms with Crippen LogP contribution in [0.2, 0.25) is 0 Å². The van der Waals surface area contributed by atoms with Crippen LogP contribution in [-0.4, -0.2) is 22.8 Å². The van der Waals surface area contributed by atoms with Crippen molar-refractivity contribution in [3.8, 4) is 22.8 Å². The molecule has 112 valence electrons. The monoisotopic (exact) mass is 351 g/mol. The van der Waals surface area contributed by atoms with Crippen LogP contribution < -0.4 is 15.2 Å². The number of hydrogen-bond donors (Lipinski definition) is 1. The highest BCUT2D eigenvalue weighted by molar-refractivity contribution is 9.10. The van der Waals surface area contributed by atoms with Crippen molar-refractivity contribution in [1.29, 1.82) is 0 Å². The molecular weight excluding hydrogens is 334 g/mol. The molecule has 0 atom stereocenters. The van der Waals surface area contributed by atoms with Crippen molar-refractivity contribution < 1.29 is 9.47 Å². The van der Waals surface area contributed by atoms with E-state index >= 15 is 0 Å². The van der Waals surface area contributed by atoms with Crippen molar-refractivity contribution in [2.24, 2.45) is 7.05 Å². The number of nitrogen functional groups attached to an aromatic ring is 1. The summed E-state index contributed by atoms with van der Waals surface area (Å²) in [6, 6.07) is 3.93. The Morgan fingerprint density at radius 1 is 1.33 bits per heavy atom. The molecule has 1 aliphatic rings. The van der Waals surface area contributed by atoms with Crippen LogP contribution >= 0.6 is 15.9 Å². The minimum absolute atomic E-state index is 0.654. The van der Waals surface area contributed by atoms with Crippen molar-refractivity contribution in [3.63, 3.8) is 0 Å². The first kappa shape index (κ1) is 14.3. The Morgan fingerprint density at radius 3 is 2.81 bits per heavy atom. The molecule has 3 rings (SSSR count). The Hall–Kier alpha value is -1.69. The second-order valence-corrected chi connectivity index (χ2v) is 5.86. The van der Waals surface area contributed by atoms with E-state index in [1.807, 2.05) is 23.7 Å². The predicted octanol–water partition coefficient (Wildman–Crippen LogP) is 3.16. The minimum Gasteiger partial charge on any atom is -0.489 e. The average Bonchev–Trinajstić information content (AvgIpc) is 2.67. The molecule has 0 spiro atoms. The zero-order valence-electron chi connectivity index (χ0n) is 12.1. The van der Waals surface area contributed by atoms with E-state index in [1.54, 1.807) is 0 Å². The number of nitrogens with two attached hydrogens (primary N) is 1. The maximum atomic E-state index is 6.18. The van der Waals surface area contributed by atoms with Crippen molar-refractivity contribution in [1.82, 2.24) is 9.55 Å². The highest BCUT2D eigenvalue weighted by Gasteiger charge is 2.19. The Morgan fingerprint density at radius 2 is 2.10 bits per heavy atom. The molecular formula is C15H18BrN3O2. The Labute approximate surface area is 132 Å². The van der Waals surface area contributed by atoms with Crippen molar-refractivity contribution in [2.45, 2.75) is 19.8 Å². The summed E-state index contributed by atoms with van der Waals surface area (Å²) in [5.41, 5.74) is 7.89. The van der Waals surface area contributed by atoms with Gasteiger partial charge in [0.05, 0.1) is 17.7 Å². The first-order valence-corrected chi connectivity index (χ1v) is 7.81. The van der Waals surface area contributed by atoms with E-state index in [2.05, 4.69) is 27.8 Å². The van der Waals surface area contributed by atoms with Gasteiger partial charge in [-0.15, -0.1) is 0 Å². The molecule has 1 aromatic heterocycles. The second-order valence-electron chi connectivity index (χ2n) is 5.01. The zero-order valence-corrected chi connectivity index (χ0v) is 13.7. The van der Waals surface area contributed by atoms with Crippen LogP contribution in [0, 0.1) is 0 Å². The fraction of sp³-hybridized carbons (Fsp3) is 0.400.